The summed E-state index contributed by atoms with van der Waals surface area (Å²) in [6.07, 6.45) is 13.0. The summed E-state index contributed by atoms with van der Waals surface area (Å²) in [6.45, 7) is 2.73. The molecule has 46 heteroatoms. The Morgan fingerprint density at radius 1 is 0.495 bits per heavy atom. The van der Waals surface area contributed by atoms with E-state index >= 15 is 0 Å². The van der Waals surface area contributed by atoms with Crippen LogP contribution in [0.3, 0.4) is 0 Å². The van der Waals surface area contributed by atoms with Gasteiger partial charge >= 0.3 is 41.7 Å². The minimum Gasteiger partial charge on any atom is -0.458 e. The molecule has 8 aromatic heterocycles. The van der Waals surface area contributed by atoms with Crippen LogP contribution in [0.4, 0.5) is 37.0 Å². The first-order valence-corrected chi connectivity index (χ1v) is 28.6. The third-order valence-corrected chi connectivity index (χ3v) is 13.2. The second-order valence-corrected chi connectivity index (χ2v) is 21.2. The summed E-state index contributed by atoms with van der Waals surface area (Å²) in [5.41, 5.74) is 2.60. The van der Waals surface area contributed by atoms with Crippen LogP contribution < -0.4 is 0 Å². The van der Waals surface area contributed by atoms with Gasteiger partial charge in [-0.05, 0) is 38.7 Å². The molecule has 0 aliphatic carbocycles. The predicted molar refractivity (Wildman–Crippen MR) is 307 cm³/mol. The summed E-state index contributed by atoms with van der Waals surface area (Å²) in [7, 11) is -4.05. The number of alkyl halides is 3. The van der Waals surface area contributed by atoms with Crippen LogP contribution in [-0.2, 0) is 95.3 Å². The third kappa shape index (κ3) is 22.9. The number of carbonyl (C=O) groups is 3. The van der Waals surface area contributed by atoms with Gasteiger partial charge < -0.3 is 59.8 Å². The summed E-state index contributed by atoms with van der Waals surface area (Å²) < 4.78 is 92.5. The van der Waals surface area contributed by atoms with Gasteiger partial charge in [0.2, 0.25) is 0 Å². The molecule has 9 rings (SSSR count). The Morgan fingerprint density at radius 3 is 1.07 bits per heavy atom. The first-order chi connectivity index (χ1) is 45.2. The van der Waals surface area contributed by atoms with E-state index in [1.165, 1.54) is 144 Å². The first kappa shape index (κ1) is 72.4. The number of aromatic nitrogens is 20. The zero-order valence-electron chi connectivity index (χ0n) is 50.2. The van der Waals surface area contributed by atoms with Gasteiger partial charge in [0.05, 0.1) is 55.9 Å². The van der Waals surface area contributed by atoms with Crippen molar-refractivity contribution in [1.82, 2.24) is 98.2 Å². The zero-order valence-corrected chi connectivity index (χ0v) is 51.0. The SMILES string of the molecule is CC(=O)OC(COS(=O)(=O)c1ccc(C)cc1)Cn1cc(Cn2ccnc2[N+](=O)[O-])nn1.CC(=O)OC(C[18F])Cn1cc(Cn2ccnc2[N+](=O)[O-])nn1.CC(=O)OC(C[18F])Cn1cc(Cn2ccnc2[N+](=O)[O-])nn1.O=[N+]([O-])c1nccn1Cc1cn(CC(O)C[18F])nn1. The number of aliphatic hydroxyl groups is 1. The van der Waals surface area contributed by atoms with E-state index in [1.807, 2.05) is 6.92 Å². The largest absolute Gasteiger partial charge is 0.458 e. The standard InChI is InChI=1S/C18H20N6O7S.2C11H13FN6O4.C9H11FN6O3/c1-13-3-5-17(6-4-13)32(28,29)30-12-16(31-14(2)25)11-23-10-15(20-21-23)9-22-8-7-19-18(22)24(26)27;2*1-8(19)22-10(4-12)7-17-6-9(14-15-17)5-16-3-2-13-11(16)18(20)21;10-3-8(17)6-15-5-7(12-13-15)4-14-2-1-11-9(14)16(18)19/h3-8,10,16H,9,11-12H2,1-2H3;2*2-3,6,10H,4-5,7H2,1H3;1-2,5,8,17H,3-4,6H2/i;2*12-1;10-1. The number of ether oxygens (including phenoxy) is 3. The van der Waals surface area contributed by atoms with Crippen LogP contribution in [0.2, 0.25) is 0 Å². The fourth-order valence-corrected chi connectivity index (χ4v) is 8.91. The molecular weight excluding hydrogens is 1300 g/mol. The lowest BCUT2D eigenvalue weighted by Gasteiger charge is -2.16. The third-order valence-electron chi connectivity index (χ3n) is 11.9. The fourth-order valence-electron chi connectivity index (χ4n) is 7.98. The minimum atomic E-state index is -4.05. The van der Waals surface area contributed by atoms with Crippen LogP contribution in [0.1, 0.15) is 49.1 Å². The molecule has 0 aliphatic heterocycles. The molecule has 0 saturated heterocycles. The molecule has 4 unspecified atom stereocenters. The van der Waals surface area contributed by atoms with Gasteiger partial charge in [-0.15, -0.1) is 20.4 Å². The highest BCUT2D eigenvalue weighted by Crippen LogP contribution is 2.17. The average molecular weight is 1360 g/mol. The molecule has 0 aliphatic rings. The maximum absolute atomic E-state index is 12.7. The van der Waals surface area contributed by atoms with Gasteiger partial charge in [0.15, 0.2) is 0 Å². The molecule has 1 N–H and O–H groups in total. The van der Waals surface area contributed by atoms with Crippen LogP contribution >= 0.6 is 0 Å². The number of hydrogen-bond donors (Lipinski definition) is 1. The summed E-state index contributed by atoms with van der Waals surface area (Å²) in [5, 5.41) is 82.8. The van der Waals surface area contributed by atoms with E-state index in [9.17, 15) is 76.4 Å². The van der Waals surface area contributed by atoms with Crippen LogP contribution in [-0.4, -0.2) is 200 Å². The second kappa shape index (κ2) is 34.6. The number of halogens is 3. The normalized spacial score (nSPS) is 12.3. The van der Waals surface area contributed by atoms with Crippen LogP contribution in [0.25, 0.3) is 0 Å². The van der Waals surface area contributed by atoms with E-state index < -0.39 is 98.8 Å². The lowest BCUT2D eigenvalue weighted by Crippen LogP contribution is -2.29. The van der Waals surface area contributed by atoms with Crippen molar-refractivity contribution in [3.8, 4) is 0 Å². The van der Waals surface area contributed by atoms with E-state index in [4.69, 9.17) is 23.5 Å². The highest BCUT2D eigenvalue weighted by molar-refractivity contribution is 7.86. The summed E-state index contributed by atoms with van der Waals surface area (Å²) in [5.74, 6) is -3.05. The van der Waals surface area contributed by atoms with Crippen molar-refractivity contribution in [3.05, 3.63) is 167 Å². The summed E-state index contributed by atoms with van der Waals surface area (Å²) >= 11 is 0. The van der Waals surface area contributed by atoms with Gasteiger partial charge in [-0.25, -0.2) is 50.2 Å². The molecule has 0 saturated carbocycles. The van der Waals surface area contributed by atoms with Gasteiger partial charge in [0.1, 0.15) is 150 Å². The van der Waals surface area contributed by atoms with Gasteiger partial charge in [0, 0.05) is 20.8 Å². The number of benzene rings is 1. The Morgan fingerprint density at radius 2 is 0.789 bits per heavy atom. The van der Waals surface area contributed by atoms with Crippen molar-refractivity contribution < 1.29 is 79.2 Å². The molecule has 9 aromatic rings. The van der Waals surface area contributed by atoms with E-state index in [-0.39, 0.29) is 81.0 Å². The van der Waals surface area contributed by atoms with E-state index in [2.05, 4.69) is 61.2 Å². The monoisotopic (exact) mass is 1360 g/mol. The maximum atomic E-state index is 12.7. The minimum absolute atomic E-state index is 0.00903. The fraction of sp³-hybridized carbons (Fsp3) is 0.408. The van der Waals surface area contributed by atoms with E-state index in [0.29, 0.717) is 22.8 Å². The molecule has 0 amide bonds. The van der Waals surface area contributed by atoms with Crippen molar-refractivity contribution in [2.75, 3.05) is 26.6 Å². The first-order valence-electron chi connectivity index (χ1n) is 27.2. The number of hydrogen-bond acceptors (Lipinski definition) is 30. The molecule has 0 bridgehead atoms. The second-order valence-electron chi connectivity index (χ2n) is 19.5. The molecule has 508 valence electrons. The Kier molecular flexibility index (Phi) is 26.4. The molecule has 1 aromatic carbocycles. The molecule has 4 atom stereocenters. The zero-order chi connectivity index (χ0) is 69.4. The molecular formula is C49H57F3N24O18S. The molecule has 95 heavy (non-hydrogen) atoms. The van der Waals surface area contributed by atoms with Gasteiger partial charge in [-0.3, -0.25) is 18.6 Å². The number of rotatable bonds is 30. The van der Waals surface area contributed by atoms with Crippen molar-refractivity contribution in [1.29, 1.82) is 0 Å². The Balaban J connectivity index is 0.000000205. The van der Waals surface area contributed by atoms with Crippen LogP contribution in [0.5, 0.6) is 0 Å². The number of carbonyl (C=O) groups excluding carboxylic acids is 3. The number of aryl methyl sites for hydroxylation is 1. The Hall–Kier alpha value is -11.7. The van der Waals surface area contributed by atoms with Gasteiger partial charge in [-0.1, -0.05) is 58.5 Å². The number of nitrogens with zero attached hydrogens (tertiary/aromatic N) is 24. The van der Waals surface area contributed by atoms with E-state index in [0.717, 1.165) is 5.56 Å². The highest BCUT2D eigenvalue weighted by Gasteiger charge is 2.25. The number of esters is 3. The summed E-state index contributed by atoms with van der Waals surface area (Å²) in [6, 6.07) is 6.12. The molecule has 0 spiro atoms. The average Bonchev–Trinajstić information content (AvgIpc) is 1.90. The van der Waals surface area contributed by atoms with Crippen molar-refractivity contribution in [3.63, 3.8) is 0 Å². The quantitative estimate of drug-likeness (QED) is 0.0219. The van der Waals surface area contributed by atoms with Crippen molar-refractivity contribution in [2.45, 2.75) is 109 Å². The molecule has 0 fully saturated rings. The lowest BCUT2D eigenvalue weighted by atomic mass is 10.2. The van der Waals surface area contributed by atoms with Gasteiger partial charge in [0.25, 0.3) is 10.1 Å². The topological polar surface area (TPSA) is 509 Å². The highest BCUT2D eigenvalue weighted by atomic mass is 32.2. The summed E-state index contributed by atoms with van der Waals surface area (Å²) in [4.78, 5) is 88.3. The van der Waals surface area contributed by atoms with Crippen molar-refractivity contribution in [2.24, 2.45) is 0 Å². The van der Waals surface area contributed by atoms with Gasteiger partial charge in [-0.2, -0.15) is 8.42 Å². The number of nitro groups is 4. The smallest absolute Gasteiger partial charge is 0.434 e. The number of aliphatic hydroxyl groups excluding tert-OH is 1. The van der Waals surface area contributed by atoms with Crippen LogP contribution in [0.15, 0.2) is 104 Å². The van der Waals surface area contributed by atoms with Crippen molar-refractivity contribution >= 4 is 51.8 Å². The predicted octanol–water partition coefficient (Wildman–Crippen LogP) is 1.50. The Bertz CT molecular complexity index is 4010. The molecule has 0 radical (unpaired) electrons. The maximum Gasteiger partial charge on any atom is 0.434 e. The lowest BCUT2D eigenvalue weighted by molar-refractivity contribution is -0.396. The molecule has 42 nitrogen and oxygen atoms in total. The van der Waals surface area contributed by atoms with E-state index in [1.54, 1.807) is 12.1 Å². The number of imidazole rings is 4. The molecule has 8 heterocycles. The van der Waals surface area contributed by atoms with Crippen LogP contribution in [0, 0.1) is 47.4 Å². The Labute approximate surface area is 531 Å².